The number of carbonyl (C=O) groups is 2. The Kier molecular flexibility index (Phi) is 7.10. The molecule has 2 amide bonds. The largest absolute Gasteiger partial charge is 0.490 e. The predicted octanol–water partition coefficient (Wildman–Crippen LogP) is 2.48. The van der Waals surface area contributed by atoms with Gasteiger partial charge in [0.05, 0.1) is 44.4 Å². The number of anilines is 1. The van der Waals surface area contributed by atoms with Crippen LogP contribution in [-0.2, 0) is 25.6 Å². The van der Waals surface area contributed by atoms with Crippen LogP contribution >= 0.6 is 0 Å². The molecule has 2 aromatic rings. The minimum atomic E-state index is -0.731. The topological polar surface area (TPSA) is 125 Å². The van der Waals surface area contributed by atoms with Gasteiger partial charge >= 0.3 is 0 Å². The molecule has 0 spiro atoms. The van der Waals surface area contributed by atoms with E-state index in [-0.39, 0.29) is 43.7 Å². The van der Waals surface area contributed by atoms with E-state index >= 15 is 0 Å². The van der Waals surface area contributed by atoms with E-state index in [0.717, 1.165) is 29.7 Å². The van der Waals surface area contributed by atoms with Gasteiger partial charge in [0.25, 0.3) is 0 Å². The third-order valence-corrected chi connectivity index (χ3v) is 7.68. The fraction of sp³-hybridized carbons (Fsp3) is 0.500. The Morgan fingerprint density at radius 1 is 1.11 bits per heavy atom. The summed E-state index contributed by atoms with van der Waals surface area (Å²) < 4.78 is 28.7. The van der Waals surface area contributed by atoms with Crippen LogP contribution < -0.4 is 24.8 Å². The maximum Gasteiger partial charge on any atom is 0.231 e. The van der Waals surface area contributed by atoms with Crippen molar-refractivity contribution in [3.63, 3.8) is 0 Å². The Bertz CT molecular complexity index is 1200. The van der Waals surface area contributed by atoms with Gasteiger partial charge in [-0.1, -0.05) is 6.07 Å². The first-order chi connectivity index (χ1) is 18.6. The molecule has 2 saturated heterocycles. The molecular formula is C28H32N2O8. The maximum atomic E-state index is 13.2. The normalized spacial score (nSPS) is 26.2. The molecule has 0 saturated carbocycles. The molecular weight excluding hydrogens is 492 g/mol. The zero-order valence-corrected chi connectivity index (χ0v) is 21.0. The summed E-state index contributed by atoms with van der Waals surface area (Å²) in [6.07, 6.45) is 1.03. The van der Waals surface area contributed by atoms with Crippen molar-refractivity contribution in [2.24, 2.45) is 5.92 Å². The summed E-state index contributed by atoms with van der Waals surface area (Å²) >= 11 is 0. The number of hydrogen-bond donors (Lipinski definition) is 3. The second-order valence-corrected chi connectivity index (χ2v) is 10.2. The summed E-state index contributed by atoms with van der Waals surface area (Å²) in [4.78, 5) is 26.1. The van der Waals surface area contributed by atoms with Gasteiger partial charge in [0.2, 0.25) is 18.6 Å². The predicted molar refractivity (Wildman–Crippen MR) is 135 cm³/mol. The Morgan fingerprint density at radius 2 is 1.95 bits per heavy atom. The highest BCUT2D eigenvalue weighted by Crippen LogP contribution is 2.46. The molecule has 0 unspecified atom stereocenters. The number of aliphatic hydroxyl groups is 1. The number of fused-ring (bicyclic) bond motifs is 5. The lowest BCUT2D eigenvalue weighted by molar-refractivity contribution is -0.148. The zero-order valence-electron chi connectivity index (χ0n) is 21.0. The van der Waals surface area contributed by atoms with E-state index in [9.17, 15) is 14.7 Å². The number of benzene rings is 2. The summed E-state index contributed by atoms with van der Waals surface area (Å²) in [6, 6.07) is 11.2. The number of carbonyl (C=O) groups excluding carboxylic acids is 2. The van der Waals surface area contributed by atoms with Gasteiger partial charge in [0.1, 0.15) is 11.9 Å². The first-order valence-electron chi connectivity index (χ1n) is 13.2. The van der Waals surface area contributed by atoms with Crippen LogP contribution in [0, 0.1) is 5.92 Å². The molecule has 2 fully saturated rings. The molecule has 2 aromatic carbocycles. The first kappa shape index (κ1) is 25.0. The highest BCUT2D eigenvalue weighted by molar-refractivity contribution is 5.95. The molecule has 0 radical (unpaired) electrons. The Labute approximate surface area is 220 Å². The molecule has 4 atom stereocenters. The lowest BCUT2D eigenvalue weighted by Gasteiger charge is -2.40. The van der Waals surface area contributed by atoms with E-state index in [1.54, 1.807) is 0 Å². The fourth-order valence-electron chi connectivity index (χ4n) is 5.79. The summed E-state index contributed by atoms with van der Waals surface area (Å²) in [5.41, 5.74) is 2.49. The lowest BCUT2D eigenvalue weighted by Crippen LogP contribution is -2.48. The maximum absolute atomic E-state index is 13.2. The molecule has 4 aliphatic rings. The van der Waals surface area contributed by atoms with Crippen LogP contribution in [0.15, 0.2) is 36.4 Å². The van der Waals surface area contributed by atoms with Crippen LogP contribution in [0.4, 0.5) is 5.69 Å². The highest BCUT2D eigenvalue weighted by atomic mass is 16.7. The smallest absolute Gasteiger partial charge is 0.231 e. The van der Waals surface area contributed by atoms with Gasteiger partial charge in [0, 0.05) is 36.6 Å². The highest BCUT2D eigenvalue weighted by Gasteiger charge is 2.46. The number of hydrogen-bond acceptors (Lipinski definition) is 8. The molecule has 3 N–H and O–H groups in total. The Balaban J connectivity index is 1.16. The summed E-state index contributed by atoms with van der Waals surface area (Å²) in [6.45, 7) is 1.53. The van der Waals surface area contributed by atoms with E-state index in [4.69, 9.17) is 23.7 Å². The van der Waals surface area contributed by atoms with Crippen LogP contribution in [0.5, 0.6) is 17.2 Å². The van der Waals surface area contributed by atoms with Gasteiger partial charge in [-0.25, -0.2) is 0 Å². The molecule has 10 nitrogen and oxygen atoms in total. The minimum absolute atomic E-state index is 0.0439. The van der Waals surface area contributed by atoms with Crippen LogP contribution in [-0.4, -0.2) is 61.8 Å². The Hall–Kier alpha value is -3.34. The van der Waals surface area contributed by atoms with Gasteiger partial charge in [-0.05, 0) is 42.3 Å². The third kappa shape index (κ3) is 5.16. The minimum Gasteiger partial charge on any atom is -0.490 e. The van der Waals surface area contributed by atoms with Gasteiger partial charge in [0.15, 0.2) is 11.5 Å². The van der Waals surface area contributed by atoms with E-state index < -0.39 is 18.1 Å². The molecule has 0 aromatic heterocycles. The summed E-state index contributed by atoms with van der Waals surface area (Å²) in [7, 11) is 0. The molecule has 202 valence electrons. The van der Waals surface area contributed by atoms with Crippen molar-refractivity contribution in [3.8, 4) is 17.2 Å². The van der Waals surface area contributed by atoms with Crippen LogP contribution in [0.2, 0.25) is 0 Å². The van der Waals surface area contributed by atoms with E-state index in [1.165, 1.54) is 0 Å². The van der Waals surface area contributed by atoms with Crippen LogP contribution in [0.25, 0.3) is 0 Å². The van der Waals surface area contributed by atoms with E-state index in [0.29, 0.717) is 43.4 Å². The number of aliphatic hydroxyl groups excluding tert-OH is 1. The van der Waals surface area contributed by atoms with Gasteiger partial charge in [-0.2, -0.15) is 0 Å². The van der Waals surface area contributed by atoms with Crippen molar-refractivity contribution in [1.82, 2.24) is 5.32 Å². The van der Waals surface area contributed by atoms with Crippen molar-refractivity contribution in [3.05, 3.63) is 47.5 Å². The summed E-state index contributed by atoms with van der Waals surface area (Å²) in [5.74, 6) is 0.867. The third-order valence-electron chi connectivity index (χ3n) is 7.68. The van der Waals surface area contributed by atoms with Gasteiger partial charge in [-0.3, -0.25) is 9.59 Å². The molecule has 38 heavy (non-hydrogen) atoms. The summed E-state index contributed by atoms with van der Waals surface area (Å²) in [5, 5.41) is 16.1. The van der Waals surface area contributed by atoms with Crippen LogP contribution in [0.1, 0.15) is 42.7 Å². The lowest BCUT2D eigenvalue weighted by atomic mass is 9.76. The standard InChI is InChI=1S/C28H32N2O8/c31-14-25-27-21(20-10-17(30-28(27)33)2-4-22(20)37-18-5-7-34-8-6-18)11-19(38-25)12-26(32)29-13-16-1-3-23-24(9-16)36-15-35-23/h1-4,9-10,18-19,21,25,27,31H,5-8,11-15H2,(H,29,32)(H,30,33)/t19-,21-,25-,27+/m1/s1. The molecule has 4 aliphatic heterocycles. The number of ether oxygens (including phenoxy) is 5. The van der Waals surface area contributed by atoms with E-state index in [2.05, 4.69) is 10.6 Å². The van der Waals surface area contributed by atoms with Crippen molar-refractivity contribution >= 4 is 17.5 Å². The Morgan fingerprint density at radius 3 is 2.79 bits per heavy atom. The SMILES string of the molecule is O=C(C[C@H]1C[C@@H]2c3cc(ccc3OC3CCOCC3)NC(=O)[C@@H]2[C@@H](CO)O1)NCc1ccc2c(c1)OCO2. The number of rotatable bonds is 7. The van der Waals surface area contributed by atoms with Gasteiger partial charge < -0.3 is 39.4 Å². The molecule has 6 rings (SSSR count). The van der Waals surface area contributed by atoms with E-state index in [1.807, 2.05) is 36.4 Å². The molecule has 10 heteroatoms. The van der Waals surface area contributed by atoms with Crippen molar-refractivity contribution in [2.45, 2.75) is 56.5 Å². The molecule has 4 heterocycles. The number of nitrogens with one attached hydrogen (secondary N) is 2. The second-order valence-electron chi connectivity index (χ2n) is 10.2. The van der Waals surface area contributed by atoms with Crippen molar-refractivity contribution in [1.29, 1.82) is 0 Å². The molecule has 2 bridgehead atoms. The van der Waals surface area contributed by atoms with Crippen molar-refractivity contribution < 1.29 is 38.4 Å². The monoisotopic (exact) mass is 524 g/mol. The average Bonchev–Trinajstić information content (AvgIpc) is 3.37. The zero-order chi connectivity index (χ0) is 26.1. The van der Waals surface area contributed by atoms with Gasteiger partial charge in [-0.15, -0.1) is 0 Å². The average molecular weight is 525 g/mol. The number of amides is 2. The second kappa shape index (κ2) is 10.8. The van der Waals surface area contributed by atoms with Crippen molar-refractivity contribution in [2.75, 3.05) is 31.9 Å². The quantitative estimate of drug-likeness (QED) is 0.505. The van der Waals surface area contributed by atoms with Crippen LogP contribution in [0.3, 0.4) is 0 Å². The fourth-order valence-corrected chi connectivity index (χ4v) is 5.79. The molecule has 0 aliphatic carbocycles. The first-order valence-corrected chi connectivity index (χ1v) is 13.2.